The number of halogens is 1. The van der Waals surface area contributed by atoms with Crippen LogP contribution in [0.15, 0.2) is 59.3 Å². The molecule has 0 aliphatic carbocycles. The molecule has 0 atom stereocenters. The lowest BCUT2D eigenvalue weighted by Gasteiger charge is -2.31. The van der Waals surface area contributed by atoms with Gasteiger partial charge in [-0.05, 0) is 43.2 Å². The first-order chi connectivity index (χ1) is 15.6. The number of rotatable bonds is 4. The lowest BCUT2D eigenvalue weighted by Crippen LogP contribution is -2.38. The highest BCUT2D eigenvalue weighted by molar-refractivity contribution is 6.03. The van der Waals surface area contributed by atoms with Gasteiger partial charge in [0.1, 0.15) is 5.82 Å². The average molecular weight is 433 g/mol. The second-order valence-corrected chi connectivity index (χ2v) is 7.79. The number of carbonyl (C=O) groups excluding carboxylic acids is 2. The zero-order chi connectivity index (χ0) is 22.1. The Bertz CT molecular complexity index is 1290. The maximum Gasteiger partial charge on any atom is 0.294 e. The molecule has 1 saturated heterocycles. The maximum atomic E-state index is 13.9. The largest absolute Gasteiger partial charge is 0.351 e. The van der Waals surface area contributed by atoms with Gasteiger partial charge in [0, 0.05) is 36.1 Å². The first kappa shape index (κ1) is 19.9. The van der Waals surface area contributed by atoms with Crippen molar-refractivity contribution in [3.63, 3.8) is 0 Å². The number of nitrogens with one attached hydrogen (secondary N) is 2. The molecule has 1 aliphatic heterocycles. The second kappa shape index (κ2) is 8.26. The number of likely N-dealkylation sites (tertiary alicyclic amines) is 1. The van der Waals surface area contributed by atoms with Gasteiger partial charge in [-0.15, -0.1) is 0 Å². The van der Waals surface area contributed by atoms with Crippen LogP contribution >= 0.6 is 0 Å². The predicted molar refractivity (Wildman–Crippen MR) is 115 cm³/mol. The summed E-state index contributed by atoms with van der Waals surface area (Å²) in [5.41, 5.74) is 2.27. The van der Waals surface area contributed by atoms with Gasteiger partial charge in [-0.2, -0.15) is 5.10 Å². The summed E-state index contributed by atoms with van der Waals surface area (Å²) in [7, 11) is 0. The van der Waals surface area contributed by atoms with Crippen LogP contribution in [0, 0.1) is 5.82 Å². The molecule has 2 aromatic heterocycles. The highest BCUT2D eigenvalue weighted by Crippen LogP contribution is 2.29. The van der Waals surface area contributed by atoms with Gasteiger partial charge in [-0.1, -0.05) is 17.3 Å². The number of hydrogen-bond donors (Lipinski definition) is 2. The summed E-state index contributed by atoms with van der Waals surface area (Å²) in [6, 6.07) is 13.1. The monoisotopic (exact) mass is 433 g/mol. The van der Waals surface area contributed by atoms with Crippen molar-refractivity contribution in [1.82, 2.24) is 20.3 Å². The molecule has 8 nitrogen and oxygen atoms in total. The number of benzene rings is 2. The van der Waals surface area contributed by atoms with Crippen LogP contribution in [0.4, 0.5) is 10.1 Å². The van der Waals surface area contributed by atoms with Crippen LogP contribution < -0.4 is 5.32 Å². The van der Waals surface area contributed by atoms with E-state index in [4.69, 9.17) is 4.52 Å². The van der Waals surface area contributed by atoms with Crippen molar-refractivity contribution in [2.75, 3.05) is 18.4 Å². The van der Waals surface area contributed by atoms with Gasteiger partial charge >= 0.3 is 0 Å². The molecule has 0 spiro atoms. The van der Waals surface area contributed by atoms with Crippen LogP contribution in [-0.4, -0.2) is 45.2 Å². The number of aromatic nitrogens is 3. The molecule has 4 aromatic rings. The third kappa shape index (κ3) is 3.84. The Balaban J connectivity index is 1.21. The van der Waals surface area contributed by atoms with Gasteiger partial charge < -0.3 is 14.7 Å². The molecule has 2 N–H and O–H groups in total. The quantitative estimate of drug-likeness (QED) is 0.507. The molecule has 2 aromatic carbocycles. The summed E-state index contributed by atoms with van der Waals surface area (Å²) in [6.45, 7) is 0.966. The van der Waals surface area contributed by atoms with Crippen molar-refractivity contribution < 1.29 is 18.5 Å². The molecule has 32 heavy (non-hydrogen) atoms. The average Bonchev–Trinajstić information content (AvgIpc) is 3.49. The van der Waals surface area contributed by atoms with E-state index in [0.29, 0.717) is 37.3 Å². The standard InChI is InChI=1S/C23H20FN5O3/c24-18-4-2-1-3-17(18)23(31)29-9-7-14(8-10-29)20-12-21(32-28-20)22(30)26-16-5-6-19-15(11-16)13-25-27-19/h1-6,11-14H,7-10H2,(H,25,27)(H,26,30). The second-order valence-electron chi connectivity index (χ2n) is 7.79. The Morgan fingerprint density at radius 3 is 2.75 bits per heavy atom. The first-order valence-corrected chi connectivity index (χ1v) is 10.3. The molecule has 162 valence electrons. The maximum absolute atomic E-state index is 13.9. The Hall–Kier alpha value is -4.01. The van der Waals surface area contributed by atoms with Gasteiger partial charge in [0.15, 0.2) is 0 Å². The predicted octanol–water partition coefficient (Wildman–Crippen LogP) is 3.96. The third-order valence-corrected chi connectivity index (χ3v) is 5.75. The molecule has 9 heteroatoms. The first-order valence-electron chi connectivity index (χ1n) is 10.3. The summed E-state index contributed by atoms with van der Waals surface area (Å²) >= 11 is 0. The lowest BCUT2D eigenvalue weighted by molar-refractivity contribution is 0.0706. The molecular formula is C23H20FN5O3. The fraction of sp³-hybridized carbons (Fsp3) is 0.217. The van der Waals surface area contributed by atoms with E-state index in [-0.39, 0.29) is 23.1 Å². The number of H-pyrrole nitrogens is 1. The Morgan fingerprint density at radius 2 is 1.94 bits per heavy atom. The van der Waals surface area contributed by atoms with E-state index in [2.05, 4.69) is 20.7 Å². The Labute approximate surface area is 182 Å². The lowest BCUT2D eigenvalue weighted by atomic mass is 9.93. The van der Waals surface area contributed by atoms with Crippen LogP contribution in [-0.2, 0) is 0 Å². The molecule has 0 unspecified atom stereocenters. The highest BCUT2D eigenvalue weighted by atomic mass is 19.1. The third-order valence-electron chi connectivity index (χ3n) is 5.75. The molecule has 2 amide bonds. The van der Waals surface area contributed by atoms with Crippen molar-refractivity contribution in [1.29, 1.82) is 0 Å². The van der Waals surface area contributed by atoms with E-state index in [1.165, 1.54) is 12.1 Å². The van der Waals surface area contributed by atoms with Crippen LogP contribution in [0.2, 0.25) is 0 Å². The molecule has 0 saturated carbocycles. The van der Waals surface area contributed by atoms with Gasteiger partial charge in [0.25, 0.3) is 11.8 Å². The van der Waals surface area contributed by atoms with E-state index in [1.54, 1.807) is 35.4 Å². The smallest absolute Gasteiger partial charge is 0.294 e. The van der Waals surface area contributed by atoms with E-state index in [1.807, 2.05) is 12.1 Å². The summed E-state index contributed by atoms with van der Waals surface area (Å²) in [6.07, 6.45) is 3.00. The summed E-state index contributed by atoms with van der Waals surface area (Å²) in [5, 5.41) is 14.6. The molecule has 3 heterocycles. The highest BCUT2D eigenvalue weighted by Gasteiger charge is 2.28. The summed E-state index contributed by atoms with van der Waals surface area (Å²) < 4.78 is 19.2. The summed E-state index contributed by atoms with van der Waals surface area (Å²) in [4.78, 5) is 26.8. The number of piperidine rings is 1. The van der Waals surface area contributed by atoms with Crippen molar-refractivity contribution >= 4 is 28.4 Å². The fourth-order valence-electron chi connectivity index (χ4n) is 3.98. The van der Waals surface area contributed by atoms with Crippen molar-refractivity contribution in [2.24, 2.45) is 0 Å². The van der Waals surface area contributed by atoms with Gasteiger partial charge in [-0.25, -0.2) is 4.39 Å². The Kier molecular flexibility index (Phi) is 5.14. The Morgan fingerprint density at radius 1 is 1.12 bits per heavy atom. The van der Waals surface area contributed by atoms with E-state index >= 15 is 0 Å². The van der Waals surface area contributed by atoms with Crippen molar-refractivity contribution in [3.8, 4) is 0 Å². The van der Waals surface area contributed by atoms with E-state index in [0.717, 1.165) is 10.9 Å². The number of carbonyl (C=O) groups is 2. The fourth-order valence-corrected chi connectivity index (χ4v) is 3.98. The molecule has 0 bridgehead atoms. The molecular weight excluding hydrogens is 413 g/mol. The summed E-state index contributed by atoms with van der Waals surface area (Å²) in [5.74, 6) is -1.03. The number of anilines is 1. The van der Waals surface area contributed by atoms with E-state index in [9.17, 15) is 14.0 Å². The molecule has 1 aliphatic rings. The van der Waals surface area contributed by atoms with Crippen molar-refractivity contribution in [3.05, 3.63) is 77.6 Å². The molecule has 1 fully saturated rings. The van der Waals surface area contributed by atoms with Crippen LogP contribution in [0.25, 0.3) is 10.9 Å². The number of hydrogen-bond acceptors (Lipinski definition) is 5. The number of amides is 2. The number of aromatic amines is 1. The van der Waals surface area contributed by atoms with Crippen molar-refractivity contribution in [2.45, 2.75) is 18.8 Å². The van der Waals surface area contributed by atoms with Crippen LogP contribution in [0.3, 0.4) is 0 Å². The molecule has 5 rings (SSSR count). The zero-order valence-corrected chi connectivity index (χ0v) is 17.0. The SMILES string of the molecule is O=C(Nc1ccc2[nH]ncc2c1)c1cc(C2CCN(C(=O)c3ccccc3F)CC2)no1. The van der Waals surface area contributed by atoms with Crippen LogP contribution in [0.5, 0.6) is 0 Å². The zero-order valence-electron chi connectivity index (χ0n) is 17.0. The topological polar surface area (TPSA) is 104 Å². The normalized spacial score (nSPS) is 14.6. The van der Waals surface area contributed by atoms with E-state index < -0.39 is 11.7 Å². The van der Waals surface area contributed by atoms with Gasteiger partial charge in [-0.3, -0.25) is 14.7 Å². The molecule has 0 radical (unpaired) electrons. The minimum Gasteiger partial charge on any atom is -0.351 e. The number of fused-ring (bicyclic) bond motifs is 1. The van der Waals surface area contributed by atoms with Gasteiger partial charge in [0.2, 0.25) is 5.76 Å². The van der Waals surface area contributed by atoms with Crippen LogP contribution in [0.1, 0.15) is 45.4 Å². The minimum absolute atomic E-state index is 0.0623. The number of nitrogens with zero attached hydrogens (tertiary/aromatic N) is 3. The van der Waals surface area contributed by atoms with Gasteiger partial charge in [0.05, 0.1) is 23.0 Å². The minimum atomic E-state index is -0.515.